The van der Waals surface area contributed by atoms with Gasteiger partial charge in [-0.3, -0.25) is 9.52 Å². The van der Waals surface area contributed by atoms with Crippen molar-refractivity contribution in [3.05, 3.63) is 42.5 Å². The zero-order valence-electron chi connectivity index (χ0n) is 15.7. The van der Waals surface area contributed by atoms with Gasteiger partial charge >= 0.3 is 0 Å². The standard InChI is InChI=1S/C20H24N2O5S/c1-2-3-5-20(23)21-15-6-8-16(9-7-15)22-28(24,25)17-10-11-18-19(14-17)27-13-4-12-26-18/h6-11,14,22H,2-5,12-13H2,1H3,(H,21,23). The molecule has 1 amide bonds. The maximum absolute atomic E-state index is 12.7. The Hall–Kier alpha value is -2.74. The van der Waals surface area contributed by atoms with Crippen molar-refractivity contribution in [3.8, 4) is 11.5 Å². The number of fused-ring (bicyclic) bond motifs is 1. The Kier molecular flexibility index (Phi) is 6.41. The minimum absolute atomic E-state index is 0.0534. The second-order valence-corrected chi connectivity index (χ2v) is 8.18. The van der Waals surface area contributed by atoms with Gasteiger partial charge in [0.15, 0.2) is 11.5 Å². The number of rotatable bonds is 7. The third kappa shape index (κ3) is 5.16. The van der Waals surface area contributed by atoms with E-state index >= 15 is 0 Å². The predicted octanol–water partition coefficient (Wildman–Crippen LogP) is 3.78. The van der Waals surface area contributed by atoms with E-state index in [9.17, 15) is 13.2 Å². The van der Waals surface area contributed by atoms with Gasteiger partial charge in [0.25, 0.3) is 10.0 Å². The van der Waals surface area contributed by atoms with Crippen LogP contribution in [0.2, 0.25) is 0 Å². The molecule has 1 aliphatic rings. The average molecular weight is 404 g/mol. The number of unbranched alkanes of at least 4 members (excludes halogenated alkanes) is 1. The van der Waals surface area contributed by atoms with Crippen molar-refractivity contribution in [1.82, 2.24) is 0 Å². The Labute approximate surface area is 165 Å². The van der Waals surface area contributed by atoms with Crippen LogP contribution in [0.15, 0.2) is 47.4 Å². The minimum Gasteiger partial charge on any atom is -0.490 e. The zero-order chi connectivity index (χ0) is 20.0. The Bertz CT molecular complexity index is 926. The molecule has 0 unspecified atom stereocenters. The van der Waals surface area contributed by atoms with Crippen molar-refractivity contribution in [2.24, 2.45) is 0 Å². The van der Waals surface area contributed by atoms with Gasteiger partial charge in [0, 0.05) is 30.3 Å². The van der Waals surface area contributed by atoms with E-state index < -0.39 is 10.0 Å². The molecule has 1 heterocycles. The number of amides is 1. The van der Waals surface area contributed by atoms with E-state index in [0.29, 0.717) is 42.5 Å². The lowest BCUT2D eigenvalue weighted by molar-refractivity contribution is -0.116. The van der Waals surface area contributed by atoms with Crippen molar-refractivity contribution in [2.75, 3.05) is 23.3 Å². The third-order valence-electron chi connectivity index (χ3n) is 4.21. The molecule has 2 aromatic rings. The number of hydrogen-bond donors (Lipinski definition) is 2. The SMILES string of the molecule is CCCCC(=O)Nc1ccc(NS(=O)(=O)c2ccc3c(c2)OCCCO3)cc1. The van der Waals surface area contributed by atoms with Crippen LogP contribution in [0.1, 0.15) is 32.6 Å². The van der Waals surface area contributed by atoms with Crippen LogP contribution in [-0.2, 0) is 14.8 Å². The van der Waals surface area contributed by atoms with Crippen molar-refractivity contribution in [3.63, 3.8) is 0 Å². The van der Waals surface area contributed by atoms with Gasteiger partial charge in [-0.25, -0.2) is 8.42 Å². The second-order valence-electron chi connectivity index (χ2n) is 6.49. The molecule has 0 saturated heterocycles. The fourth-order valence-corrected chi connectivity index (χ4v) is 3.78. The summed E-state index contributed by atoms with van der Waals surface area (Å²) in [5.74, 6) is 0.910. The van der Waals surface area contributed by atoms with Crippen LogP contribution < -0.4 is 19.5 Å². The fraction of sp³-hybridized carbons (Fsp3) is 0.350. The largest absolute Gasteiger partial charge is 0.490 e. The molecule has 28 heavy (non-hydrogen) atoms. The average Bonchev–Trinajstić information content (AvgIpc) is 2.92. The van der Waals surface area contributed by atoms with E-state index in [-0.39, 0.29) is 10.8 Å². The van der Waals surface area contributed by atoms with E-state index in [1.165, 1.54) is 12.1 Å². The first kappa shape index (κ1) is 20.0. The molecule has 0 saturated carbocycles. The van der Waals surface area contributed by atoms with Crippen molar-refractivity contribution in [1.29, 1.82) is 0 Å². The maximum atomic E-state index is 12.7. The smallest absolute Gasteiger partial charge is 0.262 e. The lowest BCUT2D eigenvalue weighted by Crippen LogP contribution is -2.14. The molecular weight excluding hydrogens is 380 g/mol. The normalized spacial score (nSPS) is 13.5. The van der Waals surface area contributed by atoms with E-state index in [2.05, 4.69) is 10.0 Å². The topological polar surface area (TPSA) is 93.7 Å². The summed E-state index contributed by atoms with van der Waals surface area (Å²) >= 11 is 0. The highest BCUT2D eigenvalue weighted by molar-refractivity contribution is 7.92. The highest BCUT2D eigenvalue weighted by Crippen LogP contribution is 2.32. The zero-order valence-corrected chi connectivity index (χ0v) is 16.6. The number of anilines is 2. The van der Waals surface area contributed by atoms with Gasteiger partial charge in [-0.05, 0) is 42.8 Å². The van der Waals surface area contributed by atoms with E-state index in [1.54, 1.807) is 30.3 Å². The van der Waals surface area contributed by atoms with Gasteiger partial charge in [0.05, 0.1) is 18.1 Å². The number of benzene rings is 2. The Balaban J connectivity index is 1.69. The summed E-state index contributed by atoms with van der Waals surface area (Å²) < 4.78 is 39.0. The molecule has 0 aromatic heterocycles. The van der Waals surface area contributed by atoms with Crippen LogP contribution in [0.4, 0.5) is 11.4 Å². The molecule has 150 valence electrons. The number of hydrogen-bond acceptors (Lipinski definition) is 5. The van der Waals surface area contributed by atoms with Gasteiger partial charge in [0.1, 0.15) is 0 Å². The molecule has 0 bridgehead atoms. The van der Waals surface area contributed by atoms with Gasteiger partial charge in [-0.2, -0.15) is 0 Å². The Morgan fingerprint density at radius 2 is 1.68 bits per heavy atom. The van der Waals surface area contributed by atoms with Gasteiger partial charge < -0.3 is 14.8 Å². The lowest BCUT2D eigenvalue weighted by Gasteiger charge is -2.12. The lowest BCUT2D eigenvalue weighted by atomic mass is 10.2. The highest BCUT2D eigenvalue weighted by Gasteiger charge is 2.19. The molecule has 8 heteroatoms. The number of carbonyl (C=O) groups excluding carboxylic acids is 1. The Morgan fingerprint density at radius 3 is 2.39 bits per heavy atom. The molecule has 2 N–H and O–H groups in total. The first-order valence-electron chi connectivity index (χ1n) is 9.30. The van der Waals surface area contributed by atoms with Gasteiger partial charge in [0.2, 0.25) is 5.91 Å². The molecule has 0 atom stereocenters. The van der Waals surface area contributed by atoms with Crippen LogP contribution in [0.3, 0.4) is 0 Å². The highest BCUT2D eigenvalue weighted by atomic mass is 32.2. The molecule has 0 radical (unpaired) electrons. The molecular formula is C20H24N2O5S. The number of nitrogens with one attached hydrogen (secondary N) is 2. The second kappa shape index (κ2) is 8.97. The molecule has 2 aromatic carbocycles. The summed E-state index contributed by atoms with van der Waals surface area (Å²) in [4.78, 5) is 11.9. The first-order chi connectivity index (χ1) is 13.5. The molecule has 0 aliphatic carbocycles. The van der Waals surface area contributed by atoms with E-state index in [0.717, 1.165) is 19.3 Å². The number of ether oxygens (including phenoxy) is 2. The summed E-state index contributed by atoms with van der Waals surface area (Å²) in [5.41, 5.74) is 1.03. The van der Waals surface area contributed by atoms with E-state index in [4.69, 9.17) is 9.47 Å². The summed E-state index contributed by atoms with van der Waals surface area (Å²) in [6.45, 7) is 3.05. The molecule has 0 spiro atoms. The van der Waals surface area contributed by atoms with Gasteiger partial charge in [-0.15, -0.1) is 0 Å². The molecule has 7 nitrogen and oxygen atoms in total. The van der Waals surface area contributed by atoms with Crippen LogP contribution in [0.25, 0.3) is 0 Å². The third-order valence-corrected chi connectivity index (χ3v) is 5.59. The van der Waals surface area contributed by atoms with Crippen LogP contribution >= 0.6 is 0 Å². The number of carbonyl (C=O) groups is 1. The summed E-state index contributed by atoms with van der Waals surface area (Å²) in [7, 11) is -3.78. The molecule has 3 rings (SSSR count). The fourth-order valence-electron chi connectivity index (χ4n) is 2.71. The van der Waals surface area contributed by atoms with Crippen LogP contribution in [0, 0.1) is 0 Å². The summed E-state index contributed by atoms with van der Waals surface area (Å²) in [6.07, 6.45) is 3.00. The Morgan fingerprint density at radius 1 is 1.00 bits per heavy atom. The summed E-state index contributed by atoms with van der Waals surface area (Å²) in [5, 5.41) is 2.79. The van der Waals surface area contributed by atoms with Crippen molar-refractivity contribution >= 4 is 27.3 Å². The minimum atomic E-state index is -3.78. The van der Waals surface area contributed by atoms with Crippen LogP contribution in [0.5, 0.6) is 11.5 Å². The predicted molar refractivity (Wildman–Crippen MR) is 107 cm³/mol. The van der Waals surface area contributed by atoms with Crippen molar-refractivity contribution in [2.45, 2.75) is 37.5 Å². The van der Waals surface area contributed by atoms with Gasteiger partial charge in [-0.1, -0.05) is 13.3 Å². The van der Waals surface area contributed by atoms with Crippen LogP contribution in [-0.4, -0.2) is 27.5 Å². The molecule has 0 fully saturated rings. The number of sulfonamides is 1. The maximum Gasteiger partial charge on any atom is 0.262 e. The van der Waals surface area contributed by atoms with Crippen molar-refractivity contribution < 1.29 is 22.7 Å². The van der Waals surface area contributed by atoms with E-state index in [1.807, 2.05) is 6.92 Å². The first-order valence-corrected chi connectivity index (χ1v) is 10.8. The quantitative estimate of drug-likeness (QED) is 0.732. The summed E-state index contributed by atoms with van der Waals surface area (Å²) in [6, 6.07) is 11.1. The monoisotopic (exact) mass is 404 g/mol. The molecule has 1 aliphatic heterocycles.